The molecule has 1 N–H and O–H groups in total. The first-order valence-electron chi connectivity index (χ1n) is 7.61. The van der Waals surface area contributed by atoms with Gasteiger partial charge in [0, 0.05) is 24.2 Å². The van der Waals surface area contributed by atoms with Crippen LogP contribution in [0, 0.1) is 0 Å². The number of ether oxygens (including phenoxy) is 1. The zero-order valence-electron chi connectivity index (χ0n) is 12.4. The standard InChI is InChI=1S/C18H20ClNO2/c19-15-8-9-17(20-10-4-7-16(21)12-20)18(11-15)22-13-14-5-2-1-3-6-14/h1-3,5-6,8-9,11,16,21H,4,7,10,12-13H2. The Kier molecular flexibility index (Phi) is 4.86. The van der Waals surface area contributed by atoms with Crippen LogP contribution in [0.2, 0.25) is 5.02 Å². The van der Waals surface area contributed by atoms with E-state index < -0.39 is 0 Å². The summed E-state index contributed by atoms with van der Waals surface area (Å²) in [5.41, 5.74) is 2.12. The number of benzene rings is 2. The zero-order chi connectivity index (χ0) is 15.4. The van der Waals surface area contributed by atoms with Crippen LogP contribution < -0.4 is 9.64 Å². The molecule has 0 aliphatic carbocycles. The van der Waals surface area contributed by atoms with Crippen LogP contribution >= 0.6 is 11.6 Å². The molecule has 3 rings (SSSR count). The lowest BCUT2D eigenvalue weighted by molar-refractivity contribution is 0.153. The number of aliphatic hydroxyl groups excluding tert-OH is 1. The Morgan fingerprint density at radius 2 is 2.00 bits per heavy atom. The maximum Gasteiger partial charge on any atom is 0.144 e. The lowest BCUT2D eigenvalue weighted by Crippen LogP contribution is -2.38. The minimum atomic E-state index is -0.272. The molecule has 1 atom stereocenters. The topological polar surface area (TPSA) is 32.7 Å². The van der Waals surface area contributed by atoms with Crippen molar-refractivity contribution in [2.45, 2.75) is 25.6 Å². The summed E-state index contributed by atoms with van der Waals surface area (Å²) < 4.78 is 5.98. The van der Waals surface area contributed by atoms with E-state index >= 15 is 0 Å². The summed E-state index contributed by atoms with van der Waals surface area (Å²) in [7, 11) is 0. The van der Waals surface area contributed by atoms with Gasteiger partial charge in [-0.1, -0.05) is 41.9 Å². The fourth-order valence-electron chi connectivity index (χ4n) is 2.77. The molecule has 1 saturated heterocycles. The Morgan fingerprint density at radius 3 is 2.77 bits per heavy atom. The minimum absolute atomic E-state index is 0.272. The Balaban J connectivity index is 1.78. The Bertz CT molecular complexity index is 618. The molecule has 1 aliphatic rings. The summed E-state index contributed by atoms with van der Waals surface area (Å²) in [5.74, 6) is 0.769. The van der Waals surface area contributed by atoms with Crippen molar-refractivity contribution in [2.75, 3.05) is 18.0 Å². The zero-order valence-corrected chi connectivity index (χ0v) is 13.2. The van der Waals surface area contributed by atoms with Crippen LogP contribution in [0.1, 0.15) is 18.4 Å². The quantitative estimate of drug-likeness (QED) is 0.929. The summed E-state index contributed by atoms with van der Waals surface area (Å²) in [6.45, 7) is 2.08. The molecular formula is C18H20ClNO2. The molecule has 0 radical (unpaired) electrons. The van der Waals surface area contributed by atoms with Crippen molar-refractivity contribution >= 4 is 17.3 Å². The molecule has 22 heavy (non-hydrogen) atoms. The number of anilines is 1. The van der Waals surface area contributed by atoms with E-state index in [0.717, 1.165) is 36.4 Å². The van der Waals surface area contributed by atoms with E-state index in [1.807, 2.05) is 48.5 Å². The highest BCUT2D eigenvalue weighted by Crippen LogP contribution is 2.33. The fraction of sp³-hybridized carbons (Fsp3) is 0.333. The van der Waals surface area contributed by atoms with Gasteiger partial charge in [-0.3, -0.25) is 0 Å². The van der Waals surface area contributed by atoms with E-state index in [1.54, 1.807) is 0 Å². The molecule has 1 heterocycles. The maximum absolute atomic E-state index is 9.89. The van der Waals surface area contributed by atoms with Gasteiger partial charge in [-0.05, 0) is 30.5 Å². The van der Waals surface area contributed by atoms with Crippen molar-refractivity contribution in [1.82, 2.24) is 0 Å². The predicted molar refractivity (Wildman–Crippen MR) is 89.7 cm³/mol. The van der Waals surface area contributed by atoms with Crippen molar-refractivity contribution in [3.8, 4) is 5.75 Å². The van der Waals surface area contributed by atoms with Gasteiger partial charge >= 0.3 is 0 Å². The number of aliphatic hydroxyl groups is 1. The molecule has 1 unspecified atom stereocenters. The number of rotatable bonds is 4. The van der Waals surface area contributed by atoms with Crippen LogP contribution in [0.5, 0.6) is 5.75 Å². The van der Waals surface area contributed by atoms with Gasteiger partial charge in [0.2, 0.25) is 0 Å². The minimum Gasteiger partial charge on any atom is -0.487 e. The molecule has 0 spiro atoms. The first-order valence-corrected chi connectivity index (χ1v) is 7.99. The van der Waals surface area contributed by atoms with Crippen molar-refractivity contribution in [3.05, 3.63) is 59.1 Å². The number of piperidine rings is 1. The molecule has 1 aliphatic heterocycles. The van der Waals surface area contributed by atoms with E-state index in [2.05, 4.69) is 4.90 Å². The Hall–Kier alpha value is -1.71. The number of nitrogens with zero attached hydrogens (tertiary/aromatic N) is 1. The summed E-state index contributed by atoms with van der Waals surface area (Å²) in [5, 5.41) is 10.5. The lowest BCUT2D eigenvalue weighted by atomic mass is 10.1. The summed E-state index contributed by atoms with van der Waals surface area (Å²) in [6, 6.07) is 15.7. The first kappa shape index (κ1) is 15.2. The van der Waals surface area contributed by atoms with Crippen LogP contribution in [0.3, 0.4) is 0 Å². The van der Waals surface area contributed by atoms with E-state index in [4.69, 9.17) is 16.3 Å². The normalized spacial score (nSPS) is 18.3. The van der Waals surface area contributed by atoms with Crippen molar-refractivity contribution in [2.24, 2.45) is 0 Å². The Labute approximate surface area is 136 Å². The number of hydrogen-bond donors (Lipinski definition) is 1. The highest BCUT2D eigenvalue weighted by Gasteiger charge is 2.20. The molecule has 1 fully saturated rings. The second-order valence-corrected chi connectivity index (χ2v) is 6.06. The average Bonchev–Trinajstić information content (AvgIpc) is 2.54. The van der Waals surface area contributed by atoms with Crippen LogP contribution in [0.25, 0.3) is 0 Å². The third-order valence-corrected chi connectivity index (χ3v) is 4.13. The molecule has 4 heteroatoms. The van der Waals surface area contributed by atoms with Gasteiger partial charge in [-0.25, -0.2) is 0 Å². The third kappa shape index (κ3) is 3.73. The summed E-state index contributed by atoms with van der Waals surface area (Å²) >= 11 is 6.12. The molecular weight excluding hydrogens is 298 g/mol. The summed E-state index contributed by atoms with van der Waals surface area (Å²) in [6.07, 6.45) is 1.58. The van der Waals surface area contributed by atoms with Crippen LogP contribution in [-0.4, -0.2) is 24.3 Å². The molecule has 0 saturated carbocycles. The second-order valence-electron chi connectivity index (χ2n) is 5.63. The highest BCUT2D eigenvalue weighted by atomic mass is 35.5. The van der Waals surface area contributed by atoms with Crippen molar-refractivity contribution < 1.29 is 9.84 Å². The lowest BCUT2D eigenvalue weighted by Gasteiger charge is -2.33. The van der Waals surface area contributed by atoms with Gasteiger partial charge in [-0.15, -0.1) is 0 Å². The van der Waals surface area contributed by atoms with Gasteiger partial charge in [0.25, 0.3) is 0 Å². The SMILES string of the molecule is OC1CCCN(c2ccc(Cl)cc2OCc2ccccc2)C1. The number of halogens is 1. The van der Waals surface area contributed by atoms with Crippen molar-refractivity contribution in [3.63, 3.8) is 0 Å². The van der Waals surface area contributed by atoms with E-state index in [1.165, 1.54) is 0 Å². The number of hydrogen-bond acceptors (Lipinski definition) is 3. The molecule has 2 aromatic carbocycles. The van der Waals surface area contributed by atoms with Crippen LogP contribution in [0.15, 0.2) is 48.5 Å². The van der Waals surface area contributed by atoms with Crippen LogP contribution in [-0.2, 0) is 6.61 Å². The van der Waals surface area contributed by atoms with Crippen molar-refractivity contribution in [1.29, 1.82) is 0 Å². The van der Waals surface area contributed by atoms with Gasteiger partial charge < -0.3 is 14.7 Å². The predicted octanol–water partition coefficient (Wildman–Crippen LogP) is 3.88. The van der Waals surface area contributed by atoms with Gasteiger partial charge in [-0.2, -0.15) is 0 Å². The monoisotopic (exact) mass is 317 g/mol. The third-order valence-electron chi connectivity index (χ3n) is 3.90. The summed E-state index contributed by atoms with van der Waals surface area (Å²) in [4.78, 5) is 2.17. The Morgan fingerprint density at radius 1 is 1.18 bits per heavy atom. The maximum atomic E-state index is 9.89. The number of β-amino-alcohol motifs (C(OH)–C–C–N with tert-alkyl or cyclic N) is 1. The molecule has 3 nitrogen and oxygen atoms in total. The van der Waals surface area contributed by atoms with E-state index in [0.29, 0.717) is 18.2 Å². The van der Waals surface area contributed by atoms with Crippen LogP contribution in [0.4, 0.5) is 5.69 Å². The van der Waals surface area contributed by atoms with E-state index in [-0.39, 0.29) is 6.10 Å². The molecule has 116 valence electrons. The van der Waals surface area contributed by atoms with Gasteiger partial charge in [0.1, 0.15) is 12.4 Å². The molecule has 2 aromatic rings. The molecule has 0 bridgehead atoms. The van der Waals surface area contributed by atoms with E-state index in [9.17, 15) is 5.11 Å². The second kappa shape index (κ2) is 7.03. The van der Waals surface area contributed by atoms with Gasteiger partial charge in [0.15, 0.2) is 0 Å². The van der Waals surface area contributed by atoms with Gasteiger partial charge in [0.05, 0.1) is 11.8 Å². The highest BCUT2D eigenvalue weighted by molar-refractivity contribution is 6.30. The largest absolute Gasteiger partial charge is 0.487 e. The smallest absolute Gasteiger partial charge is 0.144 e. The first-order chi connectivity index (χ1) is 10.7. The molecule has 0 aromatic heterocycles. The fourth-order valence-corrected chi connectivity index (χ4v) is 2.94. The molecule has 0 amide bonds. The average molecular weight is 318 g/mol.